The lowest BCUT2D eigenvalue weighted by Gasteiger charge is -2.02. The SMILES string of the molecule is CC(=O)Nc1cccn2ccnc12. The van der Waals surface area contributed by atoms with E-state index in [4.69, 9.17) is 0 Å². The Bertz CT molecular complexity index is 447. The van der Waals surface area contributed by atoms with Gasteiger partial charge >= 0.3 is 0 Å². The van der Waals surface area contributed by atoms with Gasteiger partial charge in [0.2, 0.25) is 5.91 Å². The fourth-order valence-corrected chi connectivity index (χ4v) is 1.24. The van der Waals surface area contributed by atoms with E-state index < -0.39 is 0 Å². The summed E-state index contributed by atoms with van der Waals surface area (Å²) in [6.45, 7) is 1.48. The van der Waals surface area contributed by atoms with E-state index in [0.717, 1.165) is 11.3 Å². The van der Waals surface area contributed by atoms with Crippen molar-refractivity contribution < 1.29 is 4.79 Å². The van der Waals surface area contributed by atoms with Gasteiger partial charge in [0.25, 0.3) is 0 Å². The van der Waals surface area contributed by atoms with Gasteiger partial charge < -0.3 is 9.72 Å². The number of rotatable bonds is 1. The summed E-state index contributed by atoms with van der Waals surface area (Å²) in [6, 6.07) is 3.68. The van der Waals surface area contributed by atoms with Crippen molar-refractivity contribution in [3.05, 3.63) is 30.7 Å². The van der Waals surface area contributed by atoms with Crippen molar-refractivity contribution in [1.82, 2.24) is 9.38 Å². The van der Waals surface area contributed by atoms with Gasteiger partial charge in [-0.05, 0) is 12.1 Å². The largest absolute Gasteiger partial charge is 0.323 e. The molecule has 0 aromatic carbocycles. The maximum Gasteiger partial charge on any atom is 0.221 e. The highest BCUT2D eigenvalue weighted by molar-refractivity contribution is 5.92. The molecule has 66 valence electrons. The molecule has 0 spiro atoms. The molecule has 13 heavy (non-hydrogen) atoms. The van der Waals surface area contributed by atoms with Crippen LogP contribution in [0.3, 0.4) is 0 Å². The van der Waals surface area contributed by atoms with Crippen LogP contribution in [-0.2, 0) is 4.79 Å². The summed E-state index contributed by atoms with van der Waals surface area (Å²) in [6.07, 6.45) is 5.41. The van der Waals surface area contributed by atoms with E-state index in [1.54, 1.807) is 6.20 Å². The average Bonchev–Trinajstić information content (AvgIpc) is 2.51. The van der Waals surface area contributed by atoms with Crippen LogP contribution in [0.2, 0.25) is 0 Å². The number of hydrogen-bond donors (Lipinski definition) is 1. The molecule has 0 radical (unpaired) electrons. The zero-order valence-corrected chi connectivity index (χ0v) is 7.19. The highest BCUT2D eigenvalue weighted by Gasteiger charge is 2.01. The standard InChI is InChI=1S/C9H9N3O/c1-7(13)11-8-3-2-5-12-6-4-10-9(8)12/h2-6H,1H3,(H,11,13). The highest BCUT2D eigenvalue weighted by atomic mass is 16.1. The quantitative estimate of drug-likeness (QED) is 0.709. The van der Waals surface area contributed by atoms with Gasteiger partial charge in [0, 0.05) is 25.5 Å². The molecule has 1 amide bonds. The smallest absolute Gasteiger partial charge is 0.221 e. The third-order valence-corrected chi connectivity index (χ3v) is 1.73. The van der Waals surface area contributed by atoms with Crippen LogP contribution >= 0.6 is 0 Å². The predicted molar refractivity (Wildman–Crippen MR) is 49.5 cm³/mol. The molecule has 2 rings (SSSR count). The number of nitrogens with zero attached hydrogens (tertiary/aromatic N) is 2. The van der Waals surface area contributed by atoms with Crippen LogP contribution < -0.4 is 5.32 Å². The number of anilines is 1. The van der Waals surface area contributed by atoms with Crippen LogP contribution in [0.4, 0.5) is 5.69 Å². The second kappa shape index (κ2) is 2.90. The highest BCUT2D eigenvalue weighted by Crippen LogP contribution is 2.13. The molecule has 4 nitrogen and oxygen atoms in total. The van der Waals surface area contributed by atoms with Crippen LogP contribution in [0, 0.1) is 0 Å². The van der Waals surface area contributed by atoms with E-state index in [9.17, 15) is 4.79 Å². The number of fused-ring (bicyclic) bond motifs is 1. The number of pyridine rings is 1. The minimum Gasteiger partial charge on any atom is -0.323 e. The van der Waals surface area contributed by atoms with E-state index in [0.29, 0.717) is 0 Å². The van der Waals surface area contributed by atoms with Gasteiger partial charge in [-0.2, -0.15) is 0 Å². The Labute approximate surface area is 75.2 Å². The van der Waals surface area contributed by atoms with Crippen LogP contribution in [0.25, 0.3) is 5.65 Å². The van der Waals surface area contributed by atoms with Crippen LogP contribution in [-0.4, -0.2) is 15.3 Å². The Balaban J connectivity index is 2.54. The number of carbonyl (C=O) groups excluding carboxylic acids is 1. The van der Waals surface area contributed by atoms with E-state index in [2.05, 4.69) is 10.3 Å². The Morgan fingerprint density at radius 2 is 2.38 bits per heavy atom. The van der Waals surface area contributed by atoms with Crippen molar-refractivity contribution in [1.29, 1.82) is 0 Å². The van der Waals surface area contributed by atoms with E-state index in [1.807, 2.05) is 28.9 Å². The normalized spacial score (nSPS) is 10.2. The van der Waals surface area contributed by atoms with Crippen LogP contribution in [0.5, 0.6) is 0 Å². The van der Waals surface area contributed by atoms with Crippen molar-refractivity contribution in [2.75, 3.05) is 5.32 Å². The molecule has 0 atom stereocenters. The number of hydrogen-bond acceptors (Lipinski definition) is 2. The molecule has 0 saturated carbocycles. The molecule has 0 fully saturated rings. The fraction of sp³-hybridized carbons (Fsp3) is 0.111. The lowest BCUT2D eigenvalue weighted by Crippen LogP contribution is -2.06. The van der Waals surface area contributed by atoms with Crippen molar-refractivity contribution in [2.45, 2.75) is 6.92 Å². The second-order valence-electron chi connectivity index (χ2n) is 2.76. The molecule has 1 N–H and O–H groups in total. The first-order valence-corrected chi connectivity index (χ1v) is 3.96. The summed E-state index contributed by atoms with van der Waals surface area (Å²) in [5.41, 5.74) is 1.50. The molecule has 0 unspecified atom stereocenters. The lowest BCUT2D eigenvalue weighted by atomic mass is 10.4. The van der Waals surface area contributed by atoms with Crippen molar-refractivity contribution >= 4 is 17.2 Å². The fourth-order valence-electron chi connectivity index (χ4n) is 1.24. The third kappa shape index (κ3) is 1.38. The predicted octanol–water partition coefficient (Wildman–Crippen LogP) is 1.29. The summed E-state index contributed by atoms with van der Waals surface area (Å²) < 4.78 is 1.85. The van der Waals surface area contributed by atoms with E-state index in [-0.39, 0.29) is 5.91 Å². The Morgan fingerprint density at radius 3 is 3.15 bits per heavy atom. The first-order chi connectivity index (χ1) is 6.27. The molecule has 0 aliphatic carbocycles. The van der Waals surface area contributed by atoms with Gasteiger partial charge in [-0.25, -0.2) is 4.98 Å². The topological polar surface area (TPSA) is 46.4 Å². The number of aromatic nitrogens is 2. The van der Waals surface area contributed by atoms with Crippen molar-refractivity contribution in [3.63, 3.8) is 0 Å². The first kappa shape index (κ1) is 7.79. The molecular formula is C9H9N3O. The van der Waals surface area contributed by atoms with Gasteiger partial charge in [0.05, 0.1) is 5.69 Å². The molecule has 4 heteroatoms. The van der Waals surface area contributed by atoms with Crippen molar-refractivity contribution in [3.8, 4) is 0 Å². The number of imidazole rings is 1. The van der Waals surface area contributed by atoms with Crippen LogP contribution in [0.15, 0.2) is 30.7 Å². The average molecular weight is 175 g/mol. The van der Waals surface area contributed by atoms with Gasteiger partial charge in [-0.1, -0.05) is 0 Å². The molecule has 2 aromatic heterocycles. The summed E-state index contributed by atoms with van der Waals surface area (Å²) >= 11 is 0. The van der Waals surface area contributed by atoms with Crippen molar-refractivity contribution in [2.24, 2.45) is 0 Å². The zero-order chi connectivity index (χ0) is 9.26. The Hall–Kier alpha value is -1.84. The molecule has 0 saturated heterocycles. The number of amides is 1. The first-order valence-electron chi connectivity index (χ1n) is 3.96. The van der Waals surface area contributed by atoms with Crippen LogP contribution in [0.1, 0.15) is 6.92 Å². The second-order valence-corrected chi connectivity index (χ2v) is 2.76. The molecule has 2 heterocycles. The zero-order valence-electron chi connectivity index (χ0n) is 7.19. The summed E-state index contributed by atoms with van der Waals surface area (Å²) in [7, 11) is 0. The molecular weight excluding hydrogens is 166 g/mol. The van der Waals surface area contributed by atoms with Gasteiger partial charge in [-0.3, -0.25) is 4.79 Å². The summed E-state index contributed by atoms with van der Waals surface area (Å²) in [5, 5.41) is 2.71. The monoisotopic (exact) mass is 175 g/mol. The Morgan fingerprint density at radius 1 is 1.54 bits per heavy atom. The maximum absolute atomic E-state index is 10.8. The number of nitrogens with one attached hydrogen (secondary N) is 1. The van der Waals surface area contributed by atoms with E-state index >= 15 is 0 Å². The summed E-state index contributed by atoms with van der Waals surface area (Å²) in [4.78, 5) is 15.0. The molecule has 0 aliphatic rings. The Kier molecular flexibility index (Phi) is 1.73. The minimum absolute atomic E-state index is 0.0869. The third-order valence-electron chi connectivity index (χ3n) is 1.73. The van der Waals surface area contributed by atoms with Gasteiger partial charge in [-0.15, -0.1) is 0 Å². The molecule has 0 bridgehead atoms. The summed E-state index contributed by atoms with van der Waals surface area (Å²) in [5.74, 6) is -0.0869. The van der Waals surface area contributed by atoms with E-state index in [1.165, 1.54) is 6.92 Å². The number of carbonyl (C=O) groups is 1. The lowest BCUT2D eigenvalue weighted by molar-refractivity contribution is -0.114. The van der Waals surface area contributed by atoms with Gasteiger partial charge in [0.15, 0.2) is 5.65 Å². The molecule has 0 aliphatic heterocycles. The molecule has 2 aromatic rings. The maximum atomic E-state index is 10.8. The van der Waals surface area contributed by atoms with Gasteiger partial charge in [0.1, 0.15) is 0 Å². The minimum atomic E-state index is -0.0869.